The van der Waals surface area contributed by atoms with Gasteiger partial charge in [-0.2, -0.15) is 0 Å². The highest BCUT2D eigenvalue weighted by Gasteiger charge is 2.47. The van der Waals surface area contributed by atoms with Crippen LogP contribution in [-0.4, -0.2) is 30.0 Å². The second-order valence-electron chi connectivity index (χ2n) is 7.93. The third-order valence-corrected chi connectivity index (χ3v) is 5.93. The Bertz CT molecular complexity index is 1260. The molecule has 6 heteroatoms. The molecule has 0 radical (unpaired) electrons. The molecule has 0 spiro atoms. The molecule has 1 amide bonds. The minimum absolute atomic E-state index is 0.0522. The molecule has 1 atom stereocenters. The highest BCUT2D eigenvalue weighted by atomic mass is 16.5. The number of aliphatic hydroxyl groups is 1. The van der Waals surface area contributed by atoms with Crippen molar-refractivity contribution in [1.82, 2.24) is 0 Å². The first-order chi connectivity index (χ1) is 16.1. The Morgan fingerprint density at radius 3 is 2.67 bits per heavy atom. The van der Waals surface area contributed by atoms with Gasteiger partial charge in [0.1, 0.15) is 17.3 Å². The summed E-state index contributed by atoms with van der Waals surface area (Å²) in [5.74, 6) is -0.201. The molecule has 1 saturated heterocycles. The second-order valence-corrected chi connectivity index (χ2v) is 7.93. The first kappa shape index (κ1) is 20.8. The molecule has 0 aromatic heterocycles. The van der Waals surface area contributed by atoms with Crippen LogP contribution in [0, 0.1) is 0 Å². The van der Waals surface area contributed by atoms with Crippen LogP contribution in [0.3, 0.4) is 0 Å². The summed E-state index contributed by atoms with van der Waals surface area (Å²) in [5, 5.41) is 11.3. The number of carbonyl (C=O) groups is 2. The summed E-state index contributed by atoms with van der Waals surface area (Å²) in [5.41, 5.74) is 2.75. The number of nitrogens with zero attached hydrogens (tertiary/aromatic N) is 1. The lowest BCUT2D eigenvalue weighted by Gasteiger charge is -2.25. The number of carbonyl (C=O) groups excluding carboxylic acids is 2. The van der Waals surface area contributed by atoms with Crippen LogP contribution in [0.5, 0.6) is 11.5 Å². The molecule has 1 fully saturated rings. The van der Waals surface area contributed by atoms with Crippen molar-refractivity contribution in [3.63, 3.8) is 0 Å². The molecule has 2 heterocycles. The Morgan fingerprint density at radius 2 is 1.88 bits per heavy atom. The topological polar surface area (TPSA) is 76.1 Å². The molecule has 0 aliphatic carbocycles. The number of ether oxygens (including phenoxy) is 2. The summed E-state index contributed by atoms with van der Waals surface area (Å²) in [6.45, 7) is 2.96. The lowest BCUT2D eigenvalue weighted by molar-refractivity contribution is -0.132. The van der Waals surface area contributed by atoms with E-state index in [1.165, 1.54) is 4.90 Å². The fraction of sp³-hybridized carbons (Fsp3) is 0.185. The first-order valence-electron chi connectivity index (χ1n) is 10.9. The SMILES string of the molecule is CCOc1cccc(C2/C(=C(/O)c3ccc4c(c3)CCO4)C(=O)C(=O)N2c2ccccc2)c1. The standard InChI is InChI=1S/C27H23NO5/c1-2-32-21-10-6-7-18(16-21)24-23(25(29)19-11-12-22-17(15-19)13-14-33-22)26(30)27(31)28(24)20-8-4-3-5-9-20/h3-12,15-16,24,29H,2,13-14H2,1H3/b25-23-. The largest absolute Gasteiger partial charge is 0.507 e. The van der Waals surface area contributed by atoms with Gasteiger partial charge in [0.15, 0.2) is 0 Å². The van der Waals surface area contributed by atoms with Crippen LogP contribution >= 0.6 is 0 Å². The minimum atomic E-state index is -0.794. The number of ketones is 1. The number of anilines is 1. The van der Waals surface area contributed by atoms with Gasteiger partial charge in [-0.15, -0.1) is 0 Å². The van der Waals surface area contributed by atoms with Crippen LogP contribution in [0.25, 0.3) is 5.76 Å². The van der Waals surface area contributed by atoms with Gasteiger partial charge < -0.3 is 14.6 Å². The molecule has 1 unspecified atom stereocenters. The molecular formula is C27H23NO5. The molecule has 0 saturated carbocycles. The highest BCUT2D eigenvalue weighted by molar-refractivity contribution is 6.51. The number of hydrogen-bond donors (Lipinski definition) is 1. The molecule has 6 nitrogen and oxygen atoms in total. The number of amides is 1. The first-order valence-corrected chi connectivity index (χ1v) is 10.9. The Labute approximate surface area is 191 Å². The van der Waals surface area contributed by atoms with Crippen molar-refractivity contribution in [3.05, 3.63) is 95.1 Å². The Balaban J connectivity index is 1.70. The van der Waals surface area contributed by atoms with Crippen molar-refractivity contribution in [2.24, 2.45) is 0 Å². The smallest absolute Gasteiger partial charge is 0.300 e. The van der Waals surface area contributed by atoms with E-state index >= 15 is 0 Å². The van der Waals surface area contributed by atoms with Gasteiger partial charge in [-0.05, 0) is 60.5 Å². The summed E-state index contributed by atoms with van der Waals surface area (Å²) >= 11 is 0. The summed E-state index contributed by atoms with van der Waals surface area (Å²) < 4.78 is 11.2. The summed E-state index contributed by atoms with van der Waals surface area (Å²) in [7, 11) is 0. The normalized spacial score (nSPS) is 18.8. The van der Waals surface area contributed by atoms with Crippen molar-refractivity contribution >= 4 is 23.1 Å². The van der Waals surface area contributed by atoms with Crippen molar-refractivity contribution in [1.29, 1.82) is 0 Å². The number of hydrogen-bond acceptors (Lipinski definition) is 5. The Morgan fingerprint density at radius 1 is 1.06 bits per heavy atom. The van der Waals surface area contributed by atoms with Crippen LogP contribution in [0.15, 0.2) is 78.4 Å². The molecule has 1 N–H and O–H groups in total. The number of rotatable bonds is 5. The summed E-state index contributed by atoms with van der Waals surface area (Å²) in [6, 6.07) is 20.8. The van der Waals surface area contributed by atoms with Gasteiger partial charge in [-0.3, -0.25) is 14.5 Å². The quantitative estimate of drug-likeness (QED) is 0.354. The molecule has 5 rings (SSSR count). The maximum absolute atomic E-state index is 13.3. The fourth-order valence-electron chi connectivity index (χ4n) is 4.43. The van der Waals surface area contributed by atoms with Crippen molar-refractivity contribution in [2.75, 3.05) is 18.1 Å². The molecule has 166 valence electrons. The molecule has 3 aromatic carbocycles. The zero-order chi connectivity index (χ0) is 22.9. The number of aliphatic hydroxyl groups excluding tert-OH is 1. The summed E-state index contributed by atoms with van der Waals surface area (Å²) in [6.07, 6.45) is 0.731. The zero-order valence-electron chi connectivity index (χ0n) is 18.2. The number of fused-ring (bicyclic) bond motifs is 1. The maximum Gasteiger partial charge on any atom is 0.300 e. The average Bonchev–Trinajstić information content (AvgIpc) is 3.41. The Kier molecular flexibility index (Phi) is 5.34. The molecule has 33 heavy (non-hydrogen) atoms. The third-order valence-electron chi connectivity index (χ3n) is 5.93. The van der Waals surface area contributed by atoms with Crippen LogP contribution in [0.4, 0.5) is 5.69 Å². The van der Waals surface area contributed by atoms with Crippen LogP contribution in [0.2, 0.25) is 0 Å². The summed E-state index contributed by atoms with van der Waals surface area (Å²) in [4.78, 5) is 27.9. The molecule has 0 bridgehead atoms. The van der Waals surface area contributed by atoms with E-state index in [2.05, 4.69) is 0 Å². The highest BCUT2D eigenvalue weighted by Crippen LogP contribution is 2.43. The van der Waals surface area contributed by atoms with E-state index in [9.17, 15) is 14.7 Å². The fourth-order valence-corrected chi connectivity index (χ4v) is 4.43. The van der Waals surface area contributed by atoms with Gasteiger partial charge >= 0.3 is 0 Å². The van der Waals surface area contributed by atoms with Gasteiger partial charge in [-0.25, -0.2) is 0 Å². The molecule has 2 aliphatic heterocycles. The maximum atomic E-state index is 13.3. The predicted octanol–water partition coefficient (Wildman–Crippen LogP) is 4.65. The van der Waals surface area contributed by atoms with Crippen molar-refractivity contribution in [2.45, 2.75) is 19.4 Å². The van der Waals surface area contributed by atoms with E-state index in [-0.39, 0.29) is 11.3 Å². The van der Waals surface area contributed by atoms with E-state index in [1.54, 1.807) is 30.3 Å². The molecule has 2 aliphatic rings. The van der Waals surface area contributed by atoms with Crippen LogP contribution in [0.1, 0.15) is 29.7 Å². The zero-order valence-corrected chi connectivity index (χ0v) is 18.2. The van der Waals surface area contributed by atoms with Crippen molar-refractivity contribution in [3.8, 4) is 11.5 Å². The second kappa shape index (κ2) is 8.47. The minimum Gasteiger partial charge on any atom is -0.507 e. The van der Waals surface area contributed by atoms with Gasteiger partial charge in [0.25, 0.3) is 11.7 Å². The number of para-hydroxylation sites is 1. The van der Waals surface area contributed by atoms with Gasteiger partial charge in [0, 0.05) is 17.7 Å². The lowest BCUT2D eigenvalue weighted by Crippen LogP contribution is -2.29. The van der Waals surface area contributed by atoms with Gasteiger partial charge in [-0.1, -0.05) is 30.3 Å². The van der Waals surface area contributed by atoms with Gasteiger partial charge in [0.2, 0.25) is 0 Å². The van der Waals surface area contributed by atoms with E-state index in [4.69, 9.17) is 9.47 Å². The van der Waals surface area contributed by atoms with Crippen molar-refractivity contribution < 1.29 is 24.2 Å². The van der Waals surface area contributed by atoms with Crippen LogP contribution in [-0.2, 0) is 16.0 Å². The average molecular weight is 441 g/mol. The van der Waals surface area contributed by atoms with Gasteiger partial charge in [0.05, 0.1) is 24.8 Å². The third kappa shape index (κ3) is 3.63. The van der Waals surface area contributed by atoms with E-state index in [0.717, 1.165) is 17.7 Å². The number of Topliss-reactive ketones (excluding diaryl/α,β-unsaturated/α-hetero) is 1. The predicted molar refractivity (Wildman–Crippen MR) is 124 cm³/mol. The van der Waals surface area contributed by atoms with Crippen LogP contribution < -0.4 is 14.4 Å². The monoisotopic (exact) mass is 441 g/mol. The molecule has 3 aromatic rings. The molecular weight excluding hydrogens is 418 g/mol. The Hall–Kier alpha value is -4.06. The number of benzene rings is 3. The van der Waals surface area contributed by atoms with E-state index in [0.29, 0.717) is 35.8 Å². The van der Waals surface area contributed by atoms with E-state index < -0.39 is 17.7 Å². The lowest BCUT2D eigenvalue weighted by atomic mass is 9.94. The van der Waals surface area contributed by atoms with E-state index in [1.807, 2.05) is 49.4 Å².